The first-order valence-corrected chi connectivity index (χ1v) is 15.8. The van der Waals surface area contributed by atoms with E-state index in [-0.39, 0.29) is 32.2 Å². The fourth-order valence-corrected chi connectivity index (χ4v) is 7.42. The van der Waals surface area contributed by atoms with Crippen LogP contribution in [-0.4, -0.2) is 76.9 Å². The molecule has 2 N–H and O–H groups in total. The Balaban J connectivity index is 1.29. The van der Waals surface area contributed by atoms with Crippen LogP contribution in [-0.2, 0) is 36.8 Å². The van der Waals surface area contributed by atoms with Crippen molar-refractivity contribution in [1.29, 1.82) is 0 Å². The van der Waals surface area contributed by atoms with Gasteiger partial charge in [-0.3, -0.25) is 9.69 Å². The van der Waals surface area contributed by atoms with Gasteiger partial charge in [0.15, 0.2) is 23.2 Å². The van der Waals surface area contributed by atoms with E-state index in [1.165, 1.54) is 0 Å². The molecule has 0 radical (unpaired) electrons. The SMILES string of the molecule is COC1=C[C@]23CCCN2CCc2cc4c(cc2[C@@H]3C1OC(=O)[C@@](O)(CCCC(C)(C)O)CC(=O)OCc1ccccc1)OCO4. The third kappa shape index (κ3) is 6.28. The molecule has 6 rings (SSSR count). The molecule has 242 valence electrons. The minimum absolute atomic E-state index is 0.0149. The van der Waals surface area contributed by atoms with Crippen molar-refractivity contribution in [3.63, 3.8) is 0 Å². The summed E-state index contributed by atoms with van der Waals surface area (Å²) in [6, 6.07) is 13.2. The minimum Gasteiger partial charge on any atom is -0.497 e. The third-order valence-electron chi connectivity index (χ3n) is 9.64. The van der Waals surface area contributed by atoms with Gasteiger partial charge in [0, 0.05) is 6.54 Å². The first-order chi connectivity index (χ1) is 21.5. The molecule has 0 bridgehead atoms. The van der Waals surface area contributed by atoms with Crippen LogP contribution in [0.15, 0.2) is 54.3 Å². The van der Waals surface area contributed by atoms with Crippen molar-refractivity contribution in [2.75, 3.05) is 27.0 Å². The standard InChI is InChI=1S/C35H43NO9/c1-33(2,39)12-7-14-35(40,20-29(37)42-21-23-9-5-4-6-10-23)32(38)45-31-28(41-3)19-34-13-8-15-36(34)16-11-24-17-26-27(44-22-43-26)18-25(24)30(31)34/h4-6,9-10,17-19,30-31,39-40H,7-8,11-16,20-22H2,1-3H3/t30-,31?,34+,35-/m1/s1. The highest BCUT2D eigenvalue weighted by molar-refractivity contribution is 5.86. The largest absolute Gasteiger partial charge is 0.497 e. The predicted octanol–water partition coefficient (Wildman–Crippen LogP) is 4.15. The van der Waals surface area contributed by atoms with E-state index in [1.54, 1.807) is 21.0 Å². The number of hydrogen-bond acceptors (Lipinski definition) is 10. The van der Waals surface area contributed by atoms with Gasteiger partial charge in [-0.2, -0.15) is 0 Å². The molecule has 45 heavy (non-hydrogen) atoms. The van der Waals surface area contributed by atoms with Crippen LogP contribution in [0.3, 0.4) is 0 Å². The summed E-state index contributed by atoms with van der Waals surface area (Å²) in [6.45, 7) is 5.22. The zero-order chi connectivity index (χ0) is 31.8. The maximum absolute atomic E-state index is 14.1. The zero-order valence-corrected chi connectivity index (χ0v) is 26.3. The highest BCUT2D eigenvalue weighted by Crippen LogP contribution is 2.55. The molecular formula is C35H43NO9. The minimum atomic E-state index is -2.18. The summed E-state index contributed by atoms with van der Waals surface area (Å²) in [5.74, 6) is -0.104. The molecule has 1 aliphatic carbocycles. The number of hydrogen-bond donors (Lipinski definition) is 2. The summed E-state index contributed by atoms with van der Waals surface area (Å²) in [4.78, 5) is 29.6. The molecule has 2 aromatic carbocycles. The van der Waals surface area contributed by atoms with Crippen molar-refractivity contribution in [3.8, 4) is 11.5 Å². The normalized spacial score (nSPS) is 24.9. The zero-order valence-electron chi connectivity index (χ0n) is 26.3. The van der Waals surface area contributed by atoms with Crippen LogP contribution >= 0.6 is 0 Å². The lowest BCUT2D eigenvalue weighted by molar-refractivity contribution is -0.179. The molecule has 1 unspecified atom stereocenters. The van der Waals surface area contributed by atoms with E-state index < -0.39 is 41.2 Å². The van der Waals surface area contributed by atoms with Gasteiger partial charge in [0.05, 0.1) is 30.6 Å². The molecule has 4 aliphatic rings. The fraction of sp³-hybridized carbons (Fsp3) is 0.543. The monoisotopic (exact) mass is 621 g/mol. The molecule has 10 heteroatoms. The van der Waals surface area contributed by atoms with Gasteiger partial charge in [-0.05, 0) is 93.8 Å². The molecule has 10 nitrogen and oxygen atoms in total. The first-order valence-electron chi connectivity index (χ1n) is 15.8. The van der Waals surface area contributed by atoms with Gasteiger partial charge in [0.2, 0.25) is 6.79 Å². The molecule has 4 atom stereocenters. The van der Waals surface area contributed by atoms with Crippen molar-refractivity contribution >= 4 is 11.9 Å². The smallest absolute Gasteiger partial charge is 0.339 e. The molecule has 0 amide bonds. The Morgan fingerprint density at radius 1 is 1.07 bits per heavy atom. The Labute approximate surface area is 263 Å². The summed E-state index contributed by atoms with van der Waals surface area (Å²) in [6.07, 6.45) is 3.81. The van der Waals surface area contributed by atoms with Crippen molar-refractivity contribution in [2.24, 2.45) is 0 Å². The lowest BCUT2D eigenvalue weighted by atomic mass is 9.77. The molecule has 1 fully saturated rings. The van der Waals surface area contributed by atoms with Gasteiger partial charge >= 0.3 is 11.9 Å². The maximum Gasteiger partial charge on any atom is 0.339 e. The lowest BCUT2D eigenvalue weighted by Gasteiger charge is -2.39. The van der Waals surface area contributed by atoms with Crippen molar-refractivity contribution in [3.05, 3.63) is 71.0 Å². The molecule has 1 spiro atoms. The summed E-state index contributed by atoms with van der Waals surface area (Å²) in [5, 5.41) is 22.2. The topological polar surface area (TPSA) is 124 Å². The summed E-state index contributed by atoms with van der Waals surface area (Å²) >= 11 is 0. The second kappa shape index (κ2) is 12.3. The maximum atomic E-state index is 14.1. The second-order valence-electron chi connectivity index (χ2n) is 13.3. The number of aliphatic hydroxyl groups is 2. The van der Waals surface area contributed by atoms with E-state index in [9.17, 15) is 19.8 Å². The molecule has 3 aliphatic heterocycles. The Morgan fingerprint density at radius 3 is 2.56 bits per heavy atom. The highest BCUT2D eigenvalue weighted by atomic mass is 16.7. The number of esters is 2. The Kier molecular flexibility index (Phi) is 8.58. The van der Waals surface area contributed by atoms with E-state index in [0.717, 1.165) is 49.0 Å². The van der Waals surface area contributed by atoms with E-state index >= 15 is 0 Å². The Morgan fingerprint density at radius 2 is 1.82 bits per heavy atom. The number of methoxy groups -OCH3 is 1. The number of carbonyl (C=O) groups is 2. The van der Waals surface area contributed by atoms with Gasteiger partial charge in [-0.25, -0.2) is 4.79 Å². The Hall–Kier alpha value is -3.60. The van der Waals surface area contributed by atoms with Gasteiger partial charge < -0.3 is 33.9 Å². The molecule has 3 heterocycles. The number of carbonyl (C=O) groups excluding carboxylic acids is 2. The fourth-order valence-electron chi connectivity index (χ4n) is 7.42. The van der Waals surface area contributed by atoms with Crippen LogP contribution in [0.1, 0.15) is 75.0 Å². The quantitative estimate of drug-likeness (QED) is 0.354. The number of fused-ring (bicyclic) bond motifs is 3. The number of benzene rings is 2. The molecule has 2 aromatic rings. The van der Waals surface area contributed by atoms with Crippen LogP contribution < -0.4 is 9.47 Å². The molecular weight excluding hydrogens is 578 g/mol. The average Bonchev–Trinajstić information content (AvgIpc) is 3.69. The number of ether oxygens (including phenoxy) is 5. The van der Waals surface area contributed by atoms with E-state index in [2.05, 4.69) is 11.0 Å². The Bertz CT molecular complexity index is 1450. The predicted molar refractivity (Wildman–Crippen MR) is 163 cm³/mol. The van der Waals surface area contributed by atoms with Crippen molar-refractivity contribution < 1.29 is 43.5 Å². The van der Waals surface area contributed by atoms with Gasteiger partial charge in [-0.15, -0.1) is 0 Å². The molecule has 0 saturated carbocycles. The second-order valence-corrected chi connectivity index (χ2v) is 13.3. The summed E-state index contributed by atoms with van der Waals surface area (Å²) < 4.78 is 29.0. The molecule has 0 aromatic heterocycles. The van der Waals surface area contributed by atoms with Crippen molar-refractivity contribution in [2.45, 2.75) is 94.2 Å². The average molecular weight is 622 g/mol. The van der Waals surface area contributed by atoms with Crippen molar-refractivity contribution in [1.82, 2.24) is 4.90 Å². The highest BCUT2D eigenvalue weighted by Gasteiger charge is 2.59. The molecule has 1 saturated heterocycles. The van der Waals surface area contributed by atoms with E-state index in [1.807, 2.05) is 42.5 Å². The van der Waals surface area contributed by atoms with Crippen LogP contribution in [0.5, 0.6) is 11.5 Å². The van der Waals surface area contributed by atoms with Crippen LogP contribution in [0.4, 0.5) is 0 Å². The van der Waals surface area contributed by atoms with Gasteiger partial charge in [0.1, 0.15) is 12.4 Å². The van der Waals surface area contributed by atoms with Gasteiger partial charge in [0.25, 0.3) is 0 Å². The van der Waals surface area contributed by atoms with Crippen LogP contribution in [0.2, 0.25) is 0 Å². The number of nitrogens with zero attached hydrogens (tertiary/aromatic N) is 1. The summed E-state index contributed by atoms with van der Waals surface area (Å²) in [7, 11) is 1.56. The third-order valence-corrected chi connectivity index (χ3v) is 9.64. The van der Waals surface area contributed by atoms with E-state index in [0.29, 0.717) is 23.7 Å². The van der Waals surface area contributed by atoms with Gasteiger partial charge in [-0.1, -0.05) is 30.3 Å². The van der Waals surface area contributed by atoms with E-state index in [4.69, 9.17) is 23.7 Å². The number of rotatable bonds is 11. The summed E-state index contributed by atoms with van der Waals surface area (Å²) in [5.41, 5.74) is -0.745. The van der Waals surface area contributed by atoms with Crippen LogP contribution in [0, 0.1) is 0 Å². The lowest BCUT2D eigenvalue weighted by Crippen LogP contribution is -2.49. The first kappa shape index (κ1) is 31.4. The van der Waals surface area contributed by atoms with Crippen LogP contribution in [0.25, 0.3) is 0 Å².